The standard InChI is InChI=1S/C17H18N2O2S2/c1-2-13-11-14-15(23-13)18-17(22)19(16(14)20)9-6-10-21-12-7-4-3-5-8-12/h3-5,7-8,11H,2,6,9-10H2,1H3,(H,18,22). The number of H-pyrrole nitrogens is 1. The molecule has 2 aromatic heterocycles. The number of para-hydroxylation sites is 1. The highest BCUT2D eigenvalue weighted by Crippen LogP contribution is 2.21. The molecule has 0 saturated heterocycles. The molecule has 1 N–H and O–H groups in total. The van der Waals surface area contributed by atoms with Crippen molar-refractivity contribution < 1.29 is 4.74 Å². The maximum absolute atomic E-state index is 12.6. The van der Waals surface area contributed by atoms with E-state index < -0.39 is 0 Å². The van der Waals surface area contributed by atoms with Gasteiger partial charge in [0.2, 0.25) is 0 Å². The normalized spacial score (nSPS) is 11.0. The summed E-state index contributed by atoms with van der Waals surface area (Å²) in [6.07, 6.45) is 1.65. The molecule has 23 heavy (non-hydrogen) atoms. The van der Waals surface area contributed by atoms with Crippen LogP contribution in [0.3, 0.4) is 0 Å². The van der Waals surface area contributed by atoms with Crippen molar-refractivity contribution in [2.75, 3.05) is 6.61 Å². The number of hydrogen-bond donors (Lipinski definition) is 1. The average molecular weight is 346 g/mol. The Morgan fingerprint density at radius 1 is 1.30 bits per heavy atom. The summed E-state index contributed by atoms with van der Waals surface area (Å²) in [5, 5.41) is 0.726. The second-order valence-electron chi connectivity index (χ2n) is 5.21. The molecular formula is C17H18N2O2S2. The molecule has 2 heterocycles. The number of aromatic amines is 1. The molecule has 0 aliphatic carbocycles. The van der Waals surface area contributed by atoms with Crippen LogP contribution in [0.25, 0.3) is 10.2 Å². The number of fused-ring (bicyclic) bond motifs is 1. The lowest BCUT2D eigenvalue weighted by Gasteiger charge is -2.08. The molecule has 4 nitrogen and oxygen atoms in total. The van der Waals surface area contributed by atoms with Crippen LogP contribution in [0, 0.1) is 4.77 Å². The van der Waals surface area contributed by atoms with Crippen LogP contribution in [0.1, 0.15) is 18.2 Å². The van der Waals surface area contributed by atoms with Gasteiger partial charge in [0.05, 0.1) is 12.0 Å². The fourth-order valence-corrected chi connectivity index (χ4v) is 3.73. The second-order valence-corrected chi connectivity index (χ2v) is 6.73. The van der Waals surface area contributed by atoms with Crippen molar-refractivity contribution in [3.63, 3.8) is 0 Å². The predicted molar refractivity (Wildman–Crippen MR) is 97.2 cm³/mol. The topological polar surface area (TPSA) is 47.0 Å². The van der Waals surface area contributed by atoms with Gasteiger partial charge in [-0.25, -0.2) is 0 Å². The second kappa shape index (κ2) is 7.10. The molecule has 0 aliphatic rings. The van der Waals surface area contributed by atoms with Crippen LogP contribution >= 0.6 is 23.6 Å². The summed E-state index contributed by atoms with van der Waals surface area (Å²) in [6.45, 7) is 3.18. The first-order chi connectivity index (χ1) is 11.2. The van der Waals surface area contributed by atoms with E-state index in [9.17, 15) is 4.79 Å². The Morgan fingerprint density at radius 3 is 2.83 bits per heavy atom. The molecule has 0 radical (unpaired) electrons. The average Bonchev–Trinajstić information content (AvgIpc) is 2.98. The molecule has 3 aromatic rings. The van der Waals surface area contributed by atoms with E-state index in [1.54, 1.807) is 15.9 Å². The third-order valence-corrected chi connectivity index (χ3v) is 5.13. The van der Waals surface area contributed by atoms with Gasteiger partial charge >= 0.3 is 0 Å². The lowest BCUT2D eigenvalue weighted by molar-refractivity contribution is 0.300. The maximum Gasteiger partial charge on any atom is 0.263 e. The molecule has 0 saturated carbocycles. The van der Waals surface area contributed by atoms with Crippen LogP contribution < -0.4 is 10.3 Å². The number of hydrogen-bond acceptors (Lipinski definition) is 4. The summed E-state index contributed by atoms with van der Waals surface area (Å²) < 4.78 is 7.76. The van der Waals surface area contributed by atoms with E-state index in [0.29, 0.717) is 17.9 Å². The minimum absolute atomic E-state index is 0.0144. The van der Waals surface area contributed by atoms with Crippen molar-refractivity contribution in [2.45, 2.75) is 26.3 Å². The van der Waals surface area contributed by atoms with Crippen LogP contribution in [-0.2, 0) is 13.0 Å². The van der Waals surface area contributed by atoms with Gasteiger partial charge in [-0.15, -0.1) is 11.3 Å². The molecule has 0 unspecified atom stereocenters. The lowest BCUT2D eigenvalue weighted by atomic mass is 10.3. The van der Waals surface area contributed by atoms with Gasteiger partial charge < -0.3 is 9.72 Å². The quantitative estimate of drug-likeness (QED) is 0.539. The smallest absolute Gasteiger partial charge is 0.263 e. The molecule has 1 aromatic carbocycles. The fraction of sp³-hybridized carbons (Fsp3) is 0.294. The Bertz CT molecular complexity index is 910. The van der Waals surface area contributed by atoms with Crippen LogP contribution in [0.5, 0.6) is 5.75 Å². The van der Waals surface area contributed by atoms with E-state index in [1.807, 2.05) is 36.4 Å². The molecule has 0 atom stereocenters. The number of nitrogens with zero attached hydrogens (tertiary/aromatic N) is 1. The molecule has 6 heteroatoms. The van der Waals surface area contributed by atoms with Crippen molar-refractivity contribution in [2.24, 2.45) is 0 Å². The molecule has 0 aliphatic heterocycles. The first kappa shape index (κ1) is 16.0. The van der Waals surface area contributed by atoms with Gasteiger partial charge in [0.25, 0.3) is 5.56 Å². The van der Waals surface area contributed by atoms with Crippen LogP contribution in [0.2, 0.25) is 0 Å². The highest BCUT2D eigenvalue weighted by Gasteiger charge is 2.09. The van der Waals surface area contributed by atoms with E-state index >= 15 is 0 Å². The summed E-state index contributed by atoms with van der Waals surface area (Å²) in [6, 6.07) is 11.6. The third kappa shape index (κ3) is 3.54. The molecule has 0 fully saturated rings. The van der Waals surface area contributed by atoms with Crippen molar-refractivity contribution in [1.29, 1.82) is 0 Å². The molecule has 3 rings (SSSR count). The third-order valence-electron chi connectivity index (χ3n) is 3.61. The summed E-state index contributed by atoms with van der Waals surface area (Å²) in [4.78, 5) is 17.8. The predicted octanol–water partition coefficient (Wildman–Crippen LogP) is 4.15. The van der Waals surface area contributed by atoms with Crippen molar-refractivity contribution in [3.05, 3.63) is 56.4 Å². The van der Waals surface area contributed by atoms with Crippen molar-refractivity contribution >= 4 is 33.8 Å². The summed E-state index contributed by atoms with van der Waals surface area (Å²) in [7, 11) is 0. The van der Waals surface area contributed by atoms with Gasteiger partial charge in [0.1, 0.15) is 10.6 Å². The van der Waals surface area contributed by atoms with E-state index in [2.05, 4.69) is 11.9 Å². The highest BCUT2D eigenvalue weighted by molar-refractivity contribution is 7.71. The van der Waals surface area contributed by atoms with Crippen molar-refractivity contribution in [1.82, 2.24) is 9.55 Å². The van der Waals surface area contributed by atoms with Crippen LogP contribution in [0.15, 0.2) is 41.2 Å². The Labute approximate surface area is 143 Å². The van der Waals surface area contributed by atoms with E-state index in [0.717, 1.165) is 28.8 Å². The number of nitrogens with one attached hydrogen (secondary N) is 1. The Kier molecular flexibility index (Phi) is 4.93. The van der Waals surface area contributed by atoms with E-state index in [1.165, 1.54) is 4.88 Å². The first-order valence-corrected chi connectivity index (χ1v) is 8.85. The van der Waals surface area contributed by atoms with Gasteiger partial charge in [-0.2, -0.15) is 0 Å². The Morgan fingerprint density at radius 2 is 2.09 bits per heavy atom. The number of thiophene rings is 1. The van der Waals surface area contributed by atoms with Gasteiger partial charge in [-0.1, -0.05) is 25.1 Å². The van der Waals surface area contributed by atoms with Gasteiger partial charge in [-0.05, 0) is 43.3 Å². The summed E-state index contributed by atoms with van der Waals surface area (Å²) in [5.74, 6) is 0.839. The first-order valence-electron chi connectivity index (χ1n) is 7.62. The zero-order valence-corrected chi connectivity index (χ0v) is 14.5. The number of aromatic nitrogens is 2. The van der Waals surface area contributed by atoms with E-state index in [4.69, 9.17) is 17.0 Å². The number of aryl methyl sites for hydroxylation is 1. The Balaban J connectivity index is 1.72. The summed E-state index contributed by atoms with van der Waals surface area (Å²) in [5.41, 5.74) is -0.0144. The van der Waals surface area contributed by atoms with Gasteiger partial charge in [0, 0.05) is 11.4 Å². The molecule has 0 spiro atoms. The summed E-state index contributed by atoms with van der Waals surface area (Å²) >= 11 is 6.93. The van der Waals surface area contributed by atoms with Crippen LogP contribution in [0.4, 0.5) is 0 Å². The molecular weight excluding hydrogens is 328 g/mol. The number of benzene rings is 1. The van der Waals surface area contributed by atoms with Gasteiger partial charge in [-0.3, -0.25) is 9.36 Å². The minimum Gasteiger partial charge on any atom is -0.494 e. The fourth-order valence-electron chi connectivity index (χ4n) is 2.40. The zero-order chi connectivity index (χ0) is 16.2. The Hall–Kier alpha value is -1.92. The SMILES string of the molecule is CCc1cc2c(=O)n(CCCOc3ccccc3)c(=S)[nH]c2s1. The van der Waals surface area contributed by atoms with E-state index in [-0.39, 0.29) is 5.56 Å². The lowest BCUT2D eigenvalue weighted by Crippen LogP contribution is -2.22. The minimum atomic E-state index is -0.0144. The van der Waals surface area contributed by atoms with Crippen molar-refractivity contribution in [3.8, 4) is 5.75 Å². The molecule has 0 bridgehead atoms. The molecule has 0 amide bonds. The highest BCUT2D eigenvalue weighted by atomic mass is 32.1. The zero-order valence-electron chi connectivity index (χ0n) is 12.9. The largest absolute Gasteiger partial charge is 0.494 e. The van der Waals surface area contributed by atoms with Gasteiger partial charge in [0.15, 0.2) is 4.77 Å². The van der Waals surface area contributed by atoms with Crippen LogP contribution in [-0.4, -0.2) is 16.2 Å². The molecule has 120 valence electrons. The number of rotatable bonds is 6. The maximum atomic E-state index is 12.6. The monoisotopic (exact) mass is 346 g/mol. The number of ether oxygens (including phenoxy) is 1.